The number of nitrogens with zero attached hydrogens (tertiary/aromatic N) is 3. The molecule has 0 fully saturated rings. The third-order valence-electron chi connectivity index (χ3n) is 9.12. The fourth-order valence-electron chi connectivity index (χ4n) is 6.99. The lowest BCUT2D eigenvalue weighted by Crippen LogP contribution is -2.30. The van der Waals surface area contributed by atoms with E-state index in [1.807, 2.05) is 0 Å². The highest BCUT2D eigenvalue weighted by Crippen LogP contribution is 2.50. The number of para-hydroxylation sites is 4. The lowest BCUT2D eigenvalue weighted by atomic mass is 9.82. The highest BCUT2D eigenvalue weighted by atomic mass is 15.2. The highest BCUT2D eigenvalue weighted by Gasteiger charge is 2.36. The summed E-state index contributed by atoms with van der Waals surface area (Å²) < 4.78 is 2.28. The average molecular weight is 556 g/mol. The molecule has 43 heavy (non-hydrogen) atoms. The number of hydrogen-bond donors (Lipinski definition) is 0. The molecule has 3 heteroatoms. The fourth-order valence-corrected chi connectivity index (χ4v) is 6.99. The maximum atomic E-state index is 5.10. The summed E-state index contributed by atoms with van der Waals surface area (Å²) >= 11 is 0. The molecule has 0 bridgehead atoms. The molecule has 8 rings (SSSR count). The molecule has 2 aliphatic carbocycles. The van der Waals surface area contributed by atoms with Crippen molar-refractivity contribution in [1.29, 1.82) is 0 Å². The van der Waals surface area contributed by atoms with Gasteiger partial charge in [-0.25, -0.2) is 4.98 Å². The van der Waals surface area contributed by atoms with Gasteiger partial charge in [0.1, 0.15) is 5.82 Å². The van der Waals surface area contributed by atoms with E-state index in [-0.39, 0.29) is 11.5 Å². The van der Waals surface area contributed by atoms with E-state index in [0.717, 1.165) is 34.5 Å². The second-order valence-corrected chi connectivity index (χ2v) is 12.0. The molecule has 3 nitrogen and oxygen atoms in total. The number of anilines is 2. The summed E-state index contributed by atoms with van der Waals surface area (Å²) in [4.78, 5) is 7.59. The van der Waals surface area contributed by atoms with Crippen LogP contribution in [-0.2, 0) is 5.41 Å². The van der Waals surface area contributed by atoms with Crippen molar-refractivity contribution in [3.8, 4) is 16.8 Å². The van der Waals surface area contributed by atoms with Crippen molar-refractivity contribution >= 4 is 28.0 Å². The van der Waals surface area contributed by atoms with Crippen LogP contribution in [-0.4, -0.2) is 15.6 Å². The minimum Gasteiger partial charge on any atom is -0.334 e. The van der Waals surface area contributed by atoms with Gasteiger partial charge in [-0.05, 0) is 77.2 Å². The summed E-state index contributed by atoms with van der Waals surface area (Å²) in [7, 11) is 0. The van der Waals surface area contributed by atoms with Crippen molar-refractivity contribution in [3.63, 3.8) is 0 Å². The van der Waals surface area contributed by atoms with Gasteiger partial charge in [0.05, 0.1) is 17.1 Å². The van der Waals surface area contributed by atoms with Crippen LogP contribution in [0, 0.1) is 0 Å². The second-order valence-electron chi connectivity index (χ2n) is 12.0. The van der Waals surface area contributed by atoms with Crippen LogP contribution in [0.4, 0.5) is 11.4 Å². The van der Waals surface area contributed by atoms with E-state index in [1.54, 1.807) is 0 Å². The summed E-state index contributed by atoms with van der Waals surface area (Å²) in [5, 5.41) is 0. The van der Waals surface area contributed by atoms with E-state index in [1.165, 1.54) is 33.6 Å². The second kappa shape index (κ2) is 9.99. The Balaban J connectivity index is 1.19. The molecule has 0 spiro atoms. The van der Waals surface area contributed by atoms with E-state index < -0.39 is 0 Å². The lowest BCUT2D eigenvalue weighted by Gasteiger charge is -2.34. The molecule has 0 aliphatic heterocycles. The Morgan fingerprint density at radius 1 is 0.698 bits per heavy atom. The van der Waals surface area contributed by atoms with Gasteiger partial charge in [-0.3, -0.25) is 4.57 Å². The third-order valence-corrected chi connectivity index (χ3v) is 9.12. The smallest absolute Gasteiger partial charge is 0.145 e. The Morgan fingerprint density at radius 3 is 2.19 bits per heavy atom. The van der Waals surface area contributed by atoms with E-state index in [4.69, 9.17) is 4.98 Å². The van der Waals surface area contributed by atoms with Crippen LogP contribution in [0.25, 0.3) is 33.4 Å². The summed E-state index contributed by atoms with van der Waals surface area (Å²) in [6, 6.07) is 45.8. The minimum atomic E-state index is -0.0453. The quantitative estimate of drug-likeness (QED) is 0.211. The van der Waals surface area contributed by atoms with Gasteiger partial charge in [0.25, 0.3) is 0 Å². The molecule has 0 radical (unpaired) electrons. The maximum absolute atomic E-state index is 5.10. The average Bonchev–Trinajstić information content (AvgIpc) is 3.56. The summed E-state index contributed by atoms with van der Waals surface area (Å²) in [6.45, 7) is 4.70. The lowest BCUT2D eigenvalue weighted by molar-refractivity contribution is 0.659. The van der Waals surface area contributed by atoms with Gasteiger partial charge < -0.3 is 4.90 Å². The Hall–Kier alpha value is -5.15. The van der Waals surface area contributed by atoms with Crippen LogP contribution in [0.3, 0.4) is 0 Å². The number of fused-ring (bicyclic) bond motifs is 4. The molecular weight excluding hydrogens is 522 g/mol. The highest BCUT2D eigenvalue weighted by molar-refractivity contribution is 5.86. The number of aromatic nitrogens is 2. The molecule has 208 valence electrons. The Labute approximate surface area is 253 Å². The van der Waals surface area contributed by atoms with Crippen LogP contribution >= 0.6 is 0 Å². The van der Waals surface area contributed by atoms with E-state index in [2.05, 4.69) is 169 Å². The maximum Gasteiger partial charge on any atom is 0.145 e. The number of allylic oxidation sites excluding steroid dienone is 2. The predicted molar refractivity (Wildman–Crippen MR) is 179 cm³/mol. The molecule has 0 amide bonds. The van der Waals surface area contributed by atoms with Crippen LogP contribution < -0.4 is 4.90 Å². The molecule has 0 N–H and O–H groups in total. The third kappa shape index (κ3) is 4.15. The van der Waals surface area contributed by atoms with Crippen molar-refractivity contribution in [2.24, 2.45) is 0 Å². The zero-order chi connectivity index (χ0) is 29.0. The van der Waals surface area contributed by atoms with Gasteiger partial charge in [-0.15, -0.1) is 0 Å². The zero-order valence-electron chi connectivity index (χ0n) is 24.5. The first-order valence-electron chi connectivity index (χ1n) is 15.1. The molecule has 0 saturated heterocycles. The molecule has 0 saturated carbocycles. The Morgan fingerprint density at radius 2 is 1.40 bits per heavy atom. The van der Waals surface area contributed by atoms with Crippen LogP contribution in [0.5, 0.6) is 0 Å². The van der Waals surface area contributed by atoms with E-state index in [9.17, 15) is 0 Å². The minimum absolute atomic E-state index is 0.0453. The van der Waals surface area contributed by atoms with Gasteiger partial charge >= 0.3 is 0 Å². The molecule has 1 atom stereocenters. The SMILES string of the molecule is CC1(C)c2ccccc2-c2ccc(N(c3ccccc3)C3C=CC(c4nc5ccccc5n4-c4ccccc4)=CC3)cc21. The first-order valence-corrected chi connectivity index (χ1v) is 15.1. The van der Waals surface area contributed by atoms with Crippen molar-refractivity contribution in [3.05, 3.63) is 163 Å². The van der Waals surface area contributed by atoms with Crippen LogP contribution in [0.1, 0.15) is 37.2 Å². The molecule has 6 aromatic rings. The van der Waals surface area contributed by atoms with Gasteiger partial charge in [-0.2, -0.15) is 0 Å². The van der Waals surface area contributed by atoms with Crippen molar-refractivity contribution in [1.82, 2.24) is 9.55 Å². The van der Waals surface area contributed by atoms with E-state index in [0.29, 0.717) is 0 Å². The fraction of sp³-hybridized carbons (Fsp3) is 0.125. The van der Waals surface area contributed by atoms with Gasteiger partial charge in [-0.1, -0.05) is 111 Å². The molecule has 1 unspecified atom stereocenters. The summed E-state index contributed by atoms with van der Waals surface area (Å²) in [5.41, 5.74) is 12.2. The Bertz CT molecular complexity index is 2030. The van der Waals surface area contributed by atoms with Crippen LogP contribution in [0.15, 0.2) is 146 Å². The van der Waals surface area contributed by atoms with Gasteiger partial charge in [0, 0.05) is 28.1 Å². The first kappa shape index (κ1) is 25.6. The van der Waals surface area contributed by atoms with E-state index >= 15 is 0 Å². The number of benzene rings is 5. The summed E-state index contributed by atoms with van der Waals surface area (Å²) in [6.07, 6.45) is 7.84. The van der Waals surface area contributed by atoms with Crippen molar-refractivity contribution < 1.29 is 0 Å². The normalized spacial score (nSPS) is 16.5. The zero-order valence-corrected chi connectivity index (χ0v) is 24.5. The van der Waals surface area contributed by atoms with Crippen LogP contribution in [0.2, 0.25) is 0 Å². The Kier molecular flexibility index (Phi) is 5.94. The largest absolute Gasteiger partial charge is 0.334 e. The van der Waals surface area contributed by atoms with Gasteiger partial charge in [0.2, 0.25) is 0 Å². The molecule has 1 heterocycles. The first-order chi connectivity index (χ1) is 21.1. The topological polar surface area (TPSA) is 21.1 Å². The standard InChI is InChI=1S/C40H33N3/c1-40(2)35-18-10-9-17-33(35)34-26-25-32(27-36(34)40)42(29-13-5-3-6-14-29)31-23-21-28(22-24-31)39-41-37-19-11-12-20-38(37)43(39)30-15-7-4-8-16-30/h3-23,25-27,31H,24H2,1-2H3. The predicted octanol–water partition coefficient (Wildman–Crippen LogP) is 9.88. The number of rotatable bonds is 5. The molecule has 2 aliphatic rings. The monoisotopic (exact) mass is 555 g/mol. The van der Waals surface area contributed by atoms with Crippen molar-refractivity contribution in [2.45, 2.75) is 31.7 Å². The number of hydrogen-bond acceptors (Lipinski definition) is 2. The summed E-state index contributed by atoms with van der Waals surface area (Å²) in [5.74, 6) is 0.977. The molecule has 1 aromatic heterocycles. The number of imidazole rings is 1. The van der Waals surface area contributed by atoms with Gasteiger partial charge in [0.15, 0.2) is 0 Å². The molecular formula is C40H33N3. The molecule has 5 aromatic carbocycles. The van der Waals surface area contributed by atoms with Crippen molar-refractivity contribution in [2.75, 3.05) is 4.90 Å².